The van der Waals surface area contributed by atoms with Crippen LogP contribution in [-0.2, 0) is 7.05 Å². The van der Waals surface area contributed by atoms with E-state index >= 15 is 0 Å². The fourth-order valence-electron chi connectivity index (χ4n) is 2.56. The second-order valence-corrected chi connectivity index (χ2v) is 5.82. The maximum atomic E-state index is 12.4. The number of hydrazone groups is 1. The Labute approximate surface area is 150 Å². The zero-order chi connectivity index (χ0) is 18.5. The van der Waals surface area contributed by atoms with Gasteiger partial charge in [-0.25, -0.2) is 10.1 Å². The predicted octanol–water partition coefficient (Wildman–Crippen LogP) is 2.75. The smallest absolute Gasteiger partial charge is 0.267 e. The first-order chi connectivity index (χ1) is 12.6. The molecule has 0 saturated carbocycles. The number of carbonyl (C=O) groups excluding carboxylic acids is 1. The maximum Gasteiger partial charge on any atom is 0.292 e. The van der Waals surface area contributed by atoms with Crippen LogP contribution < -0.4 is 11.0 Å². The van der Waals surface area contributed by atoms with Crippen LogP contribution in [0, 0.1) is 0 Å². The molecule has 1 heterocycles. The highest BCUT2D eigenvalue weighted by molar-refractivity contribution is 6.05. The van der Waals surface area contributed by atoms with Gasteiger partial charge in [-0.05, 0) is 24.1 Å². The van der Waals surface area contributed by atoms with Gasteiger partial charge < -0.3 is 0 Å². The molecule has 3 rings (SSSR count). The fraction of sp³-hybridized carbons (Fsp3) is 0.100. The summed E-state index contributed by atoms with van der Waals surface area (Å²) in [5.74, 6) is -0.472. The van der Waals surface area contributed by atoms with Crippen molar-refractivity contribution < 1.29 is 4.79 Å². The Morgan fingerprint density at radius 2 is 1.73 bits per heavy atom. The first-order valence-corrected chi connectivity index (χ1v) is 8.09. The first-order valence-electron chi connectivity index (χ1n) is 8.09. The highest BCUT2D eigenvalue weighted by Crippen LogP contribution is 2.12. The van der Waals surface area contributed by atoms with Crippen molar-refractivity contribution in [1.82, 2.24) is 15.2 Å². The van der Waals surface area contributed by atoms with Gasteiger partial charge in [0.15, 0.2) is 5.69 Å². The average Bonchev–Trinajstić information content (AvgIpc) is 2.65. The SMILES string of the molecule is CC(/C=N/NC(=O)c1nn(C)c(=O)c2ccccc12)=C\c1ccccc1. The van der Waals surface area contributed by atoms with Crippen molar-refractivity contribution in [2.75, 3.05) is 0 Å². The highest BCUT2D eigenvalue weighted by Gasteiger charge is 2.14. The lowest BCUT2D eigenvalue weighted by molar-refractivity contribution is 0.0950. The lowest BCUT2D eigenvalue weighted by Gasteiger charge is -2.06. The minimum Gasteiger partial charge on any atom is -0.267 e. The molecular formula is C20H18N4O2. The zero-order valence-electron chi connectivity index (χ0n) is 14.5. The summed E-state index contributed by atoms with van der Waals surface area (Å²) in [6, 6.07) is 16.7. The number of hydrogen-bond donors (Lipinski definition) is 1. The molecule has 0 aliphatic carbocycles. The molecule has 26 heavy (non-hydrogen) atoms. The molecule has 130 valence electrons. The summed E-state index contributed by atoms with van der Waals surface area (Å²) in [6.07, 6.45) is 3.52. The molecule has 6 nitrogen and oxygen atoms in total. The molecule has 6 heteroatoms. The average molecular weight is 346 g/mol. The van der Waals surface area contributed by atoms with Crippen LogP contribution in [0.4, 0.5) is 0 Å². The van der Waals surface area contributed by atoms with Crippen molar-refractivity contribution in [3.8, 4) is 0 Å². The second kappa shape index (κ2) is 7.57. The third-order valence-electron chi connectivity index (χ3n) is 3.80. The minimum atomic E-state index is -0.472. The number of benzene rings is 2. The molecule has 0 radical (unpaired) electrons. The van der Waals surface area contributed by atoms with Crippen molar-refractivity contribution in [1.29, 1.82) is 0 Å². The Morgan fingerprint density at radius 1 is 1.08 bits per heavy atom. The zero-order valence-corrected chi connectivity index (χ0v) is 14.5. The van der Waals surface area contributed by atoms with E-state index in [1.807, 2.05) is 43.3 Å². The number of nitrogens with one attached hydrogen (secondary N) is 1. The molecule has 0 fully saturated rings. The van der Waals surface area contributed by atoms with Crippen LogP contribution in [0.15, 0.2) is 70.1 Å². The van der Waals surface area contributed by atoms with Crippen molar-refractivity contribution in [2.24, 2.45) is 12.1 Å². The molecule has 0 unspecified atom stereocenters. The Hall–Kier alpha value is -3.54. The lowest BCUT2D eigenvalue weighted by atomic mass is 10.1. The fourth-order valence-corrected chi connectivity index (χ4v) is 2.56. The molecule has 3 aromatic rings. The first kappa shape index (κ1) is 17.3. The number of aryl methyl sites for hydroxylation is 1. The van der Waals surface area contributed by atoms with Crippen molar-refractivity contribution in [2.45, 2.75) is 6.92 Å². The molecule has 1 aromatic heterocycles. The van der Waals surface area contributed by atoms with Crippen LogP contribution >= 0.6 is 0 Å². The molecule has 2 aromatic carbocycles. The van der Waals surface area contributed by atoms with Gasteiger partial charge in [0.2, 0.25) is 0 Å². The number of fused-ring (bicyclic) bond motifs is 1. The summed E-state index contributed by atoms with van der Waals surface area (Å²) in [5.41, 5.74) is 4.31. The number of allylic oxidation sites excluding steroid dienone is 1. The van der Waals surface area contributed by atoms with Gasteiger partial charge in [0.25, 0.3) is 11.5 Å². The normalized spacial score (nSPS) is 11.8. The van der Waals surface area contributed by atoms with Gasteiger partial charge in [0.05, 0.1) is 11.6 Å². The van der Waals surface area contributed by atoms with Gasteiger partial charge in [-0.15, -0.1) is 0 Å². The van der Waals surface area contributed by atoms with Gasteiger partial charge in [-0.1, -0.05) is 54.6 Å². The van der Waals surface area contributed by atoms with E-state index in [2.05, 4.69) is 15.6 Å². The van der Waals surface area contributed by atoms with E-state index < -0.39 is 5.91 Å². The predicted molar refractivity (Wildman–Crippen MR) is 103 cm³/mol. The van der Waals surface area contributed by atoms with Crippen LogP contribution in [0.5, 0.6) is 0 Å². The third-order valence-corrected chi connectivity index (χ3v) is 3.80. The van der Waals surface area contributed by atoms with E-state index in [9.17, 15) is 9.59 Å². The second-order valence-electron chi connectivity index (χ2n) is 5.82. The van der Waals surface area contributed by atoms with E-state index in [1.165, 1.54) is 7.05 Å². The van der Waals surface area contributed by atoms with Gasteiger partial charge in [0, 0.05) is 12.4 Å². The molecule has 0 saturated heterocycles. The van der Waals surface area contributed by atoms with Gasteiger partial charge in [0.1, 0.15) is 0 Å². The summed E-state index contributed by atoms with van der Waals surface area (Å²) >= 11 is 0. The number of aromatic nitrogens is 2. The summed E-state index contributed by atoms with van der Waals surface area (Å²) < 4.78 is 1.15. The van der Waals surface area contributed by atoms with Crippen LogP contribution in [-0.4, -0.2) is 21.9 Å². The number of carbonyl (C=O) groups is 1. The molecule has 0 bridgehead atoms. The molecule has 0 aliphatic heterocycles. The molecule has 1 N–H and O–H groups in total. The van der Waals surface area contributed by atoms with Gasteiger partial charge in [-0.2, -0.15) is 10.2 Å². The van der Waals surface area contributed by atoms with E-state index in [4.69, 9.17) is 0 Å². The molecular weight excluding hydrogens is 328 g/mol. The van der Waals surface area contributed by atoms with Crippen LogP contribution in [0.1, 0.15) is 23.0 Å². The molecule has 1 amide bonds. The Balaban J connectivity index is 1.81. The van der Waals surface area contributed by atoms with E-state index in [0.717, 1.165) is 15.8 Å². The Bertz CT molecular complexity index is 1070. The van der Waals surface area contributed by atoms with Gasteiger partial charge in [-0.3, -0.25) is 9.59 Å². The van der Waals surface area contributed by atoms with E-state index in [-0.39, 0.29) is 11.3 Å². The maximum absolute atomic E-state index is 12.4. The van der Waals surface area contributed by atoms with Crippen molar-refractivity contribution >= 4 is 29.0 Å². The van der Waals surface area contributed by atoms with Crippen molar-refractivity contribution in [3.05, 3.63) is 81.8 Å². The van der Waals surface area contributed by atoms with E-state index in [1.54, 1.807) is 30.5 Å². The summed E-state index contributed by atoms with van der Waals surface area (Å²) in [7, 11) is 1.52. The summed E-state index contributed by atoms with van der Waals surface area (Å²) in [4.78, 5) is 24.6. The Morgan fingerprint density at radius 3 is 2.46 bits per heavy atom. The number of rotatable bonds is 4. The Kier molecular flexibility index (Phi) is 5.03. The van der Waals surface area contributed by atoms with E-state index in [0.29, 0.717) is 10.8 Å². The topological polar surface area (TPSA) is 76.3 Å². The van der Waals surface area contributed by atoms with Crippen LogP contribution in [0.2, 0.25) is 0 Å². The number of hydrogen-bond acceptors (Lipinski definition) is 4. The van der Waals surface area contributed by atoms with Crippen LogP contribution in [0.25, 0.3) is 16.8 Å². The van der Waals surface area contributed by atoms with Gasteiger partial charge >= 0.3 is 0 Å². The highest BCUT2D eigenvalue weighted by atomic mass is 16.2. The molecule has 0 spiro atoms. The van der Waals surface area contributed by atoms with Crippen molar-refractivity contribution in [3.63, 3.8) is 0 Å². The third kappa shape index (κ3) is 3.75. The largest absolute Gasteiger partial charge is 0.292 e. The number of amides is 1. The molecule has 0 atom stereocenters. The quantitative estimate of drug-likeness (QED) is 0.583. The number of nitrogens with zero attached hydrogens (tertiary/aromatic N) is 3. The molecule has 0 aliphatic rings. The minimum absolute atomic E-state index is 0.157. The summed E-state index contributed by atoms with van der Waals surface area (Å²) in [5, 5.41) is 9.00. The monoisotopic (exact) mass is 346 g/mol. The standard InChI is InChI=1S/C20H18N4O2/c1-14(12-15-8-4-3-5-9-15)13-21-22-19(25)18-16-10-6-7-11-17(16)20(26)24(2)23-18/h3-13H,1-2H3,(H,22,25)/b14-12+,21-13+. The summed E-state index contributed by atoms with van der Waals surface area (Å²) in [6.45, 7) is 1.89. The lowest BCUT2D eigenvalue weighted by Crippen LogP contribution is -2.27. The van der Waals surface area contributed by atoms with Crippen LogP contribution in [0.3, 0.4) is 0 Å².